The van der Waals surface area contributed by atoms with Crippen LogP contribution in [0.5, 0.6) is 5.75 Å². The van der Waals surface area contributed by atoms with Crippen molar-refractivity contribution in [2.45, 2.75) is 6.92 Å². The van der Waals surface area contributed by atoms with Gasteiger partial charge in [0.1, 0.15) is 36.6 Å². The molecule has 0 saturated heterocycles. The molecular weight excluding hydrogens is 365 g/mol. The number of anilines is 2. The first-order chi connectivity index (χ1) is 13.4. The Kier molecular flexibility index (Phi) is 5.58. The van der Waals surface area contributed by atoms with Gasteiger partial charge in [-0.3, -0.25) is 0 Å². The van der Waals surface area contributed by atoms with Gasteiger partial charge in [-0.05, 0) is 36.8 Å². The fourth-order valence-electron chi connectivity index (χ4n) is 2.66. The zero-order chi connectivity index (χ0) is 20.3. The first-order valence-corrected chi connectivity index (χ1v) is 8.37. The Hall–Kier alpha value is -3.42. The summed E-state index contributed by atoms with van der Waals surface area (Å²) in [6.07, 6.45) is 1.22. The molecule has 2 aromatic carbocycles. The van der Waals surface area contributed by atoms with Gasteiger partial charge in [0.05, 0.1) is 12.3 Å². The molecule has 1 aromatic heterocycles. The third kappa shape index (κ3) is 4.11. The van der Waals surface area contributed by atoms with Crippen LogP contribution in [0.25, 0.3) is 11.1 Å². The second kappa shape index (κ2) is 8.08. The smallest absolute Gasteiger partial charge is 0.339 e. The monoisotopic (exact) mass is 380 g/mol. The molecule has 0 saturated carbocycles. The number of hydrogen-bond donors (Lipinski definition) is 2. The molecular formula is C20H15BF2N2O3. The van der Waals surface area contributed by atoms with Crippen LogP contribution in [-0.2, 0) is 0 Å². The Labute approximate surface area is 161 Å². The van der Waals surface area contributed by atoms with E-state index in [4.69, 9.17) is 12.6 Å². The lowest BCUT2D eigenvalue weighted by molar-refractivity contribution is 0.0697. The van der Waals surface area contributed by atoms with Gasteiger partial charge in [0.2, 0.25) is 0 Å². The summed E-state index contributed by atoms with van der Waals surface area (Å²) in [6, 6.07) is 9.80. The zero-order valence-corrected chi connectivity index (χ0v) is 14.9. The number of aromatic carboxylic acids is 1. The summed E-state index contributed by atoms with van der Waals surface area (Å²) >= 11 is 0. The molecule has 140 valence electrons. The van der Waals surface area contributed by atoms with E-state index < -0.39 is 17.6 Å². The second-order valence-electron chi connectivity index (χ2n) is 5.87. The van der Waals surface area contributed by atoms with Gasteiger partial charge in [0.15, 0.2) is 0 Å². The summed E-state index contributed by atoms with van der Waals surface area (Å²) in [5.74, 6) is -2.36. The Bertz CT molecular complexity index is 1040. The van der Waals surface area contributed by atoms with Crippen molar-refractivity contribution >= 4 is 30.8 Å². The topological polar surface area (TPSA) is 71.5 Å². The van der Waals surface area contributed by atoms with Gasteiger partial charge in [0, 0.05) is 17.8 Å². The molecule has 2 N–H and O–H groups in total. The number of nitrogens with one attached hydrogen (secondary N) is 1. The van der Waals surface area contributed by atoms with E-state index >= 15 is 0 Å². The van der Waals surface area contributed by atoms with E-state index in [1.165, 1.54) is 12.3 Å². The summed E-state index contributed by atoms with van der Waals surface area (Å²) in [5.41, 5.74) is 0.133. The second-order valence-corrected chi connectivity index (χ2v) is 5.87. The van der Waals surface area contributed by atoms with E-state index in [2.05, 4.69) is 10.3 Å². The summed E-state index contributed by atoms with van der Waals surface area (Å²) < 4.78 is 34.6. The first kappa shape index (κ1) is 19.3. The van der Waals surface area contributed by atoms with Crippen LogP contribution in [0.4, 0.5) is 20.3 Å². The predicted octanol–water partition coefficient (Wildman–Crippen LogP) is 3.66. The van der Waals surface area contributed by atoms with Crippen LogP contribution in [0.3, 0.4) is 0 Å². The number of nitrogens with zero attached hydrogens (tertiary/aromatic N) is 1. The number of carbonyl (C=O) groups is 1. The lowest BCUT2D eigenvalue weighted by Gasteiger charge is -2.13. The van der Waals surface area contributed by atoms with Gasteiger partial charge in [-0.1, -0.05) is 17.6 Å². The number of carboxylic acids is 1. The summed E-state index contributed by atoms with van der Waals surface area (Å²) in [6.45, 7) is 2.27. The number of halogens is 2. The molecule has 3 aromatic rings. The molecule has 0 amide bonds. The van der Waals surface area contributed by atoms with Crippen molar-refractivity contribution in [3.63, 3.8) is 0 Å². The number of carboxylic acid groups (broad SMARTS) is 1. The van der Waals surface area contributed by atoms with E-state index in [1.807, 2.05) is 6.92 Å². The molecule has 5 nitrogen and oxygen atoms in total. The number of rotatable bonds is 6. The average molecular weight is 380 g/mol. The van der Waals surface area contributed by atoms with Crippen molar-refractivity contribution < 1.29 is 23.4 Å². The van der Waals surface area contributed by atoms with Crippen molar-refractivity contribution in [3.8, 4) is 16.9 Å². The highest BCUT2D eigenvalue weighted by atomic mass is 19.1. The fraction of sp³-hybridized carbons (Fsp3) is 0.100. The molecule has 28 heavy (non-hydrogen) atoms. The molecule has 0 fully saturated rings. The molecule has 0 aliphatic carbocycles. The number of aromatic nitrogens is 1. The number of benzene rings is 2. The number of ether oxygens (including phenoxy) is 1. The van der Waals surface area contributed by atoms with Gasteiger partial charge in [0.25, 0.3) is 0 Å². The van der Waals surface area contributed by atoms with Crippen LogP contribution < -0.4 is 15.5 Å². The molecule has 3 rings (SSSR count). The van der Waals surface area contributed by atoms with Gasteiger partial charge in [-0.15, -0.1) is 0 Å². The fourth-order valence-corrected chi connectivity index (χ4v) is 2.66. The van der Waals surface area contributed by atoms with Crippen molar-refractivity contribution in [1.82, 2.24) is 4.98 Å². The maximum atomic E-state index is 14.7. The third-order valence-corrected chi connectivity index (χ3v) is 3.91. The Morgan fingerprint density at radius 3 is 2.71 bits per heavy atom. The first-order valence-electron chi connectivity index (χ1n) is 8.37. The Morgan fingerprint density at radius 1 is 1.21 bits per heavy atom. The molecule has 0 aliphatic rings. The van der Waals surface area contributed by atoms with Crippen molar-refractivity contribution in [1.29, 1.82) is 0 Å². The third-order valence-electron chi connectivity index (χ3n) is 3.91. The minimum absolute atomic E-state index is 0.0494. The zero-order valence-electron chi connectivity index (χ0n) is 14.9. The largest absolute Gasteiger partial charge is 0.494 e. The average Bonchev–Trinajstić information content (AvgIpc) is 2.66. The minimum Gasteiger partial charge on any atom is -0.494 e. The Morgan fingerprint density at radius 2 is 2.00 bits per heavy atom. The predicted molar refractivity (Wildman–Crippen MR) is 103 cm³/mol. The molecule has 8 heteroatoms. The van der Waals surface area contributed by atoms with Crippen LogP contribution in [0.2, 0.25) is 0 Å². The molecule has 0 spiro atoms. The van der Waals surface area contributed by atoms with Crippen LogP contribution in [-0.4, -0.2) is 30.5 Å². The van der Waals surface area contributed by atoms with Crippen LogP contribution in [0.15, 0.2) is 48.7 Å². The van der Waals surface area contributed by atoms with Gasteiger partial charge in [-0.25, -0.2) is 18.6 Å². The lowest BCUT2D eigenvalue weighted by Crippen LogP contribution is -2.13. The van der Waals surface area contributed by atoms with E-state index in [9.17, 15) is 18.7 Å². The standard InChI is InChI=1S/C20H15BF2N2O3/c1-2-28-13-5-3-4-11(6-13)14-8-17(23)18(9-16(14)22)25-19-15(20(26)27)7-12(21)10-24-19/h3-10H,2H2,1H3,(H,24,25)(H,26,27). The molecule has 0 atom stereocenters. The van der Waals surface area contributed by atoms with Crippen molar-refractivity contribution in [3.05, 3.63) is 65.9 Å². The van der Waals surface area contributed by atoms with Gasteiger partial charge < -0.3 is 15.2 Å². The lowest BCUT2D eigenvalue weighted by atomic mass is 9.97. The summed E-state index contributed by atoms with van der Waals surface area (Å²) in [7, 11) is 5.53. The van der Waals surface area contributed by atoms with Gasteiger partial charge >= 0.3 is 5.97 Å². The number of hydrogen-bond acceptors (Lipinski definition) is 4. The molecule has 0 bridgehead atoms. The summed E-state index contributed by atoms with van der Waals surface area (Å²) in [4.78, 5) is 15.2. The SMILES string of the molecule is [B]c1cnc(Nc2cc(F)c(-c3cccc(OCC)c3)cc2F)c(C(=O)O)c1. The van der Waals surface area contributed by atoms with E-state index in [1.54, 1.807) is 24.3 Å². The number of pyridine rings is 1. The van der Waals surface area contributed by atoms with Gasteiger partial charge in [-0.2, -0.15) is 0 Å². The van der Waals surface area contributed by atoms with Crippen LogP contribution >= 0.6 is 0 Å². The molecule has 0 aliphatic heterocycles. The molecule has 1 heterocycles. The maximum Gasteiger partial charge on any atom is 0.339 e. The molecule has 0 unspecified atom stereocenters. The van der Waals surface area contributed by atoms with Crippen molar-refractivity contribution in [2.75, 3.05) is 11.9 Å². The maximum absolute atomic E-state index is 14.7. The molecule has 2 radical (unpaired) electrons. The highest BCUT2D eigenvalue weighted by Crippen LogP contribution is 2.31. The van der Waals surface area contributed by atoms with Crippen LogP contribution in [0, 0.1) is 11.6 Å². The minimum atomic E-state index is -1.30. The Balaban J connectivity index is 1.97. The quantitative estimate of drug-likeness (QED) is 0.639. The highest BCUT2D eigenvalue weighted by molar-refractivity contribution is 6.32. The van der Waals surface area contributed by atoms with Crippen LogP contribution in [0.1, 0.15) is 17.3 Å². The highest BCUT2D eigenvalue weighted by Gasteiger charge is 2.16. The summed E-state index contributed by atoms with van der Waals surface area (Å²) in [5, 5.41) is 11.8. The van der Waals surface area contributed by atoms with E-state index in [-0.39, 0.29) is 28.1 Å². The van der Waals surface area contributed by atoms with E-state index in [0.717, 1.165) is 12.1 Å². The van der Waals surface area contributed by atoms with E-state index in [0.29, 0.717) is 17.9 Å². The van der Waals surface area contributed by atoms with Crippen molar-refractivity contribution in [2.24, 2.45) is 0 Å². The normalized spacial score (nSPS) is 10.5.